The zero-order valence-corrected chi connectivity index (χ0v) is 14.7. The Kier molecular flexibility index (Phi) is 7.83. The number of benzene rings is 1. The number of aryl methyl sites for hydroxylation is 1. The molecule has 2 heterocycles. The molecule has 4 heteroatoms. The molecule has 4 rings (SSSR count). The van der Waals surface area contributed by atoms with Crippen LogP contribution in [0.15, 0.2) is 30.5 Å². The minimum Gasteiger partial charge on any atom is -0.368 e. The van der Waals surface area contributed by atoms with E-state index in [-0.39, 0.29) is 12.0 Å². The third-order valence-corrected chi connectivity index (χ3v) is 4.46. The fourth-order valence-corrected chi connectivity index (χ4v) is 3.04. The van der Waals surface area contributed by atoms with Gasteiger partial charge in [0.05, 0.1) is 0 Å². The second-order valence-electron chi connectivity index (χ2n) is 6.59. The highest BCUT2D eigenvalue weighted by molar-refractivity contribution is 5.79. The van der Waals surface area contributed by atoms with E-state index in [0.717, 1.165) is 12.8 Å². The molecule has 1 amide bonds. The number of hydrogen-bond acceptors (Lipinski definition) is 2. The molecule has 3 N–H and O–H groups in total. The molecule has 0 radical (unpaired) electrons. The highest BCUT2D eigenvalue weighted by Gasteiger charge is 2.19. The number of aromatic amines is 1. The molecular weight excluding hydrogens is 300 g/mol. The van der Waals surface area contributed by atoms with Gasteiger partial charge < -0.3 is 15.5 Å². The van der Waals surface area contributed by atoms with Crippen molar-refractivity contribution in [2.45, 2.75) is 64.4 Å². The maximum absolute atomic E-state index is 10.3. The summed E-state index contributed by atoms with van der Waals surface area (Å²) in [5.74, 6) is -0.331. The van der Waals surface area contributed by atoms with Gasteiger partial charge in [-0.3, -0.25) is 4.79 Å². The SMILES string of the molecule is C1CCCCC1.Cc1ccc2[nH]ccc2c1.NC(=O)[C@@H]1CCCO1. The van der Waals surface area contributed by atoms with Crippen molar-refractivity contribution in [3.63, 3.8) is 0 Å². The quantitative estimate of drug-likeness (QED) is 0.810. The smallest absolute Gasteiger partial charge is 0.246 e. The zero-order valence-electron chi connectivity index (χ0n) is 14.7. The minimum absolute atomic E-state index is 0.296. The summed E-state index contributed by atoms with van der Waals surface area (Å²) in [4.78, 5) is 13.4. The molecule has 132 valence electrons. The number of nitrogens with one attached hydrogen (secondary N) is 1. The van der Waals surface area contributed by atoms with Crippen LogP contribution in [0, 0.1) is 6.92 Å². The summed E-state index contributed by atoms with van der Waals surface area (Å²) in [6.07, 6.45) is 12.4. The minimum atomic E-state index is -0.331. The normalized spacial score (nSPS) is 19.8. The lowest BCUT2D eigenvalue weighted by atomic mass is 10.0. The van der Waals surface area contributed by atoms with Crippen molar-refractivity contribution in [1.82, 2.24) is 4.98 Å². The van der Waals surface area contributed by atoms with Crippen LogP contribution >= 0.6 is 0 Å². The maximum atomic E-state index is 10.3. The number of H-pyrrole nitrogens is 1. The van der Waals surface area contributed by atoms with Gasteiger partial charge in [0.2, 0.25) is 5.91 Å². The fraction of sp³-hybridized carbons (Fsp3) is 0.550. The predicted octanol–water partition coefficient (Wildman–Crippen LogP) is 4.47. The van der Waals surface area contributed by atoms with Gasteiger partial charge in [-0.2, -0.15) is 0 Å². The highest BCUT2D eigenvalue weighted by Crippen LogP contribution is 2.15. The van der Waals surface area contributed by atoms with Gasteiger partial charge in [0.25, 0.3) is 0 Å². The van der Waals surface area contributed by atoms with E-state index in [9.17, 15) is 4.79 Å². The van der Waals surface area contributed by atoms with Crippen LogP contribution < -0.4 is 5.73 Å². The van der Waals surface area contributed by atoms with E-state index in [2.05, 4.69) is 36.2 Å². The van der Waals surface area contributed by atoms with Gasteiger partial charge >= 0.3 is 0 Å². The van der Waals surface area contributed by atoms with Crippen LogP contribution in [-0.2, 0) is 9.53 Å². The molecular formula is C20H30N2O2. The van der Waals surface area contributed by atoms with E-state index in [1.165, 1.54) is 55.0 Å². The standard InChI is InChI=1S/C9H9N.C6H12.C5H9NO2/c1-7-2-3-9-8(6-7)4-5-10-9;1-2-4-6-5-3-1;6-5(7)4-2-1-3-8-4/h2-6,10H,1H3;1-6H2;4H,1-3H2,(H2,6,7)/t;;4-/m..0/s1. The first kappa shape index (κ1) is 18.5. The number of carbonyl (C=O) groups is 1. The monoisotopic (exact) mass is 330 g/mol. The van der Waals surface area contributed by atoms with Crippen molar-refractivity contribution in [2.24, 2.45) is 5.73 Å². The second kappa shape index (κ2) is 10.1. The number of rotatable bonds is 1. The van der Waals surface area contributed by atoms with Crippen molar-refractivity contribution in [1.29, 1.82) is 0 Å². The average Bonchev–Trinajstić information content (AvgIpc) is 3.29. The third-order valence-electron chi connectivity index (χ3n) is 4.46. The Labute approximate surface area is 144 Å². The zero-order chi connectivity index (χ0) is 17.2. The second-order valence-corrected chi connectivity index (χ2v) is 6.59. The highest BCUT2D eigenvalue weighted by atomic mass is 16.5. The van der Waals surface area contributed by atoms with Crippen LogP contribution in [0.1, 0.15) is 56.9 Å². The molecule has 0 bridgehead atoms. The van der Waals surface area contributed by atoms with Crippen molar-refractivity contribution in [3.05, 3.63) is 36.0 Å². The van der Waals surface area contributed by atoms with Crippen LogP contribution in [0.25, 0.3) is 10.9 Å². The van der Waals surface area contributed by atoms with Gasteiger partial charge in [0, 0.05) is 18.3 Å². The van der Waals surface area contributed by atoms with Crippen LogP contribution in [0.3, 0.4) is 0 Å². The summed E-state index contributed by atoms with van der Waals surface area (Å²) in [6.45, 7) is 2.79. The van der Waals surface area contributed by atoms with Gasteiger partial charge in [-0.15, -0.1) is 0 Å². The molecule has 1 aromatic carbocycles. The third kappa shape index (κ3) is 6.36. The van der Waals surface area contributed by atoms with E-state index in [4.69, 9.17) is 10.5 Å². The Morgan fingerprint density at radius 1 is 1.08 bits per heavy atom. The lowest BCUT2D eigenvalue weighted by Gasteiger charge is -2.05. The van der Waals surface area contributed by atoms with Gasteiger partial charge in [0.1, 0.15) is 6.10 Å². The van der Waals surface area contributed by atoms with Gasteiger partial charge in [-0.25, -0.2) is 0 Å². The summed E-state index contributed by atoms with van der Waals surface area (Å²) < 4.78 is 4.94. The molecule has 1 saturated carbocycles. The molecule has 0 spiro atoms. The molecule has 2 aliphatic rings. The molecule has 1 atom stereocenters. The lowest BCUT2D eigenvalue weighted by Crippen LogP contribution is -2.27. The van der Waals surface area contributed by atoms with Gasteiger partial charge in [0.15, 0.2) is 0 Å². The van der Waals surface area contributed by atoms with Crippen molar-refractivity contribution >= 4 is 16.8 Å². The summed E-state index contributed by atoms with van der Waals surface area (Å²) in [5.41, 5.74) is 7.46. The molecule has 1 aromatic heterocycles. The van der Waals surface area contributed by atoms with Crippen molar-refractivity contribution in [2.75, 3.05) is 6.61 Å². The maximum Gasteiger partial charge on any atom is 0.246 e. The molecule has 1 saturated heterocycles. The van der Waals surface area contributed by atoms with Crippen molar-refractivity contribution in [3.8, 4) is 0 Å². The number of primary amides is 1. The van der Waals surface area contributed by atoms with E-state index in [1.54, 1.807) is 0 Å². The molecule has 0 unspecified atom stereocenters. The largest absolute Gasteiger partial charge is 0.368 e. The molecule has 24 heavy (non-hydrogen) atoms. The summed E-state index contributed by atoms with van der Waals surface area (Å²) in [5, 5.41) is 1.29. The topological polar surface area (TPSA) is 68.1 Å². The summed E-state index contributed by atoms with van der Waals surface area (Å²) in [6, 6.07) is 8.47. The van der Waals surface area contributed by atoms with E-state index in [1.807, 2.05) is 6.20 Å². The van der Waals surface area contributed by atoms with Crippen LogP contribution in [0.4, 0.5) is 0 Å². The molecule has 1 aliphatic carbocycles. The Hall–Kier alpha value is -1.81. The number of aromatic nitrogens is 1. The molecule has 1 aliphatic heterocycles. The average molecular weight is 330 g/mol. The number of hydrogen-bond donors (Lipinski definition) is 2. The Bertz CT molecular complexity index is 599. The Balaban J connectivity index is 0.000000135. The van der Waals surface area contributed by atoms with Gasteiger partial charge in [-0.05, 0) is 43.4 Å². The molecule has 4 nitrogen and oxygen atoms in total. The molecule has 2 aromatic rings. The Morgan fingerprint density at radius 2 is 1.75 bits per heavy atom. The number of fused-ring (bicyclic) bond motifs is 1. The van der Waals surface area contributed by atoms with E-state index in [0.29, 0.717) is 6.61 Å². The van der Waals surface area contributed by atoms with Crippen LogP contribution in [0.5, 0.6) is 0 Å². The fourth-order valence-electron chi connectivity index (χ4n) is 3.04. The van der Waals surface area contributed by atoms with Crippen LogP contribution in [0.2, 0.25) is 0 Å². The predicted molar refractivity (Wildman–Crippen MR) is 98.9 cm³/mol. The van der Waals surface area contributed by atoms with Crippen molar-refractivity contribution < 1.29 is 9.53 Å². The number of amides is 1. The summed E-state index contributed by atoms with van der Waals surface area (Å²) in [7, 11) is 0. The number of carbonyl (C=O) groups excluding carboxylic acids is 1. The Morgan fingerprint density at radius 3 is 2.25 bits per heavy atom. The van der Waals surface area contributed by atoms with Crippen LogP contribution in [-0.4, -0.2) is 23.6 Å². The van der Waals surface area contributed by atoms with E-state index >= 15 is 0 Å². The first-order valence-electron chi connectivity index (χ1n) is 9.11. The first-order valence-corrected chi connectivity index (χ1v) is 9.11. The number of ether oxygens (including phenoxy) is 1. The molecule has 2 fully saturated rings. The van der Waals surface area contributed by atoms with E-state index < -0.39 is 0 Å². The van der Waals surface area contributed by atoms with Gasteiger partial charge in [-0.1, -0.05) is 50.2 Å². The number of nitrogens with two attached hydrogens (primary N) is 1. The first-order chi connectivity index (χ1) is 11.7. The summed E-state index contributed by atoms with van der Waals surface area (Å²) >= 11 is 0. The lowest BCUT2D eigenvalue weighted by molar-refractivity contribution is -0.126.